The lowest BCUT2D eigenvalue weighted by molar-refractivity contribution is 0.404. The number of thiophene rings is 1. The van der Waals surface area contributed by atoms with Gasteiger partial charge >= 0.3 is 5.69 Å². The number of unbranched alkanes of at least 4 members (excludes halogenated alkanes) is 1. The lowest BCUT2D eigenvalue weighted by Gasteiger charge is -2.02. The zero-order valence-corrected chi connectivity index (χ0v) is 11.5. The highest BCUT2D eigenvalue weighted by Gasteiger charge is 2.14. The summed E-state index contributed by atoms with van der Waals surface area (Å²) in [5, 5.41) is 12.1. The first-order chi connectivity index (χ1) is 8.63. The van der Waals surface area contributed by atoms with Gasteiger partial charge in [-0.05, 0) is 30.4 Å². The standard InChI is InChI=1S/C13H18N2O2S/c1-3-4-6-15-12(16)10(14-13(15)17)8-11-9(2)5-7-18-11/h5,7,16H,3-4,6,8H2,1-2H3,(H,14,17). The molecule has 2 aromatic heterocycles. The van der Waals surface area contributed by atoms with E-state index in [-0.39, 0.29) is 11.6 Å². The van der Waals surface area contributed by atoms with Crippen molar-refractivity contribution in [1.29, 1.82) is 0 Å². The second-order valence-electron chi connectivity index (χ2n) is 4.44. The predicted molar refractivity (Wildman–Crippen MR) is 73.5 cm³/mol. The van der Waals surface area contributed by atoms with Crippen molar-refractivity contribution in [2.75, 3.05) is 0 Å². The fourth-order valence-corrected chi connectivity index (χ4v) is 2.82. The molecule has 0 saturated carbocycles. The number of aromatic amines is 1. The average molecular weight is 266 g/mol. The number of aryl methyl sites for hydroxylation is 1. The maximum absolute atomic E-state index is 11.7. The highest BCUT2D eigenvalue weighted by atomic mass is 32.1. The van der Waals surface area contributed by atoms with Crippen molar-refractivity contribution >= 4 is 11.3 Å². The minimum atomic E-state index is -0.217. The van der Waals surface area contributed by atoms with Gasteiger partial charge in [-0.3, -0.25) is 4.57 Å². The summed E-state index contributed by atoms with van der Waals surface area (Å²) in [7, 11) is 0. The zero-order valence-electron chi connectivity index (χ0n) is 10.7. The third-order valence-corrected chi connectivity index (χ3v) is 4.09. The number of nitrogens with one attached hydrogen (secondary N) is 1. The fraction of sp³-hybridized carbons (Fsp3) is 0.462. The normalized spacial score (nSPS) is 11.0. The number of H-pyrrole nitrogens is 1. The van der Waals surface area contributed by atoms with Crippen LogP contribution in [0.2, 0.25) is 0 Å². The van der Waals surface area contributed by atoms with Crippen LogP contribution in [-0.4, -0.2) is 14.7 Å². The molecule has 0 radical (unpaired) electrons. The summed E-state index contributed by atoms with van der Waals surface area (Å²) in [6.45, 7) is 4.67. The van der Waals surface area contributed by atoms with E-state index in [1.54, 1.807) is 11.3 Å². The molecule has 0 aliphatic rings. The second kappa shape index (κ2) is 5.44. The number of aromatic nitrogens is 2. The van der Waals surface area contributed by atoms with Gasteiger partial charge in [0.2, 0.25) is 5.88 Å². The molecule has 18 heavy (non-hydrogen) atoms. The van der Waals surface area contributed by atoms with Gasteiger partial charge in [0.15, 0.2) is 0 Å². The van der Waals surface area contributed by atoms with Crippen LogP contribution >= 0.6 is 11.3 Å². The molecular formula is C13H18N2O2S. The number of imidazole rings is 1. The quantitative estimate of drug-likeness (QED) is 0.874. The molecule has 2 rings (SSSR count). The molecule has 4 nitrogen and oxygen atoms in total. The number of hydrogen-bond acceptors (Lipinski definition) is 3. The summed E-state index contributed by atoms with van der Waals surface area (Å²) < 4.78 is 1.42. The van der Waals surface area contributed by atoms with Crippen LogP contribution in [0.4, 0.5) is 0 Å². The highest BCUT2D eigenvalue weighted by Crippen LogP contribution is 2.23. The Balaban J connectivity index is 2.25. The topological polar surface area (TPSA) is 58.0 Å². The maximum Gasteiger partial charge on any atom is 0.328 e. The van der Waals surface area contributed by atoms with Crippen LogP contribution in [0.3, 0.4) is 0 Å². The average Bonchev–Trinajstić information content (AvgIpc) is 2.84. The SMILES string of the molecule is CCCCn1c(O)c(Cc2sccc2C)[nH]c1=O. The Morgan fingerprint density at radius 1 is 1.50 bits per heavy atom. The predicted octanol–water partition coefficient (Wildman–Crippen LogP) is 2.64. The monoisotopic (exact) mass is 266 g/mol. The molecule has 0 aromatic carbocycles. The molecule has 2 N–H and O–H groups in total. The smallest absolute Gasteiger partial charge is 0.328 e. The van der Waals surface area contributed by atoms with E-state index in [0.29, 0.717) is 18.7 Å². The van der Waals surface area contributed by atoms with Gasteiger partial charge in [-0.2, -0.15) is 0 Å². The van der Waals surface area contributed by atoms with E-state index in [0.717, 1.165) is 12.8 Å². The van der Waals surface area contributed by atoms with E-state index in [4.69, 9.17) is 0 Å². The summed E-state index contributed by atoms with van der Waals surface area (Å²) in [5.74, 6) is 0.0845. The molecule has 0 unspecified atom stereocenters. The van der Waals surface area contributed by atoms with Crippen molar-refractivity contribution in [1.82, 2.24) is 9.55 Å². The number of nitrogens with zero attached hydrogens (tertiary/aromatic N) is 1. The van der Waals surface area contributed by atoms with E-state index in [9.17, 15) is 9.90 Å². The fourth-order valence-electron chi connectivity index (χ4n) is 1.90. The Hall–Kier alpha value is -1.49. The summed E-state index contributed by atoms with van der Waals surface area (Å²) in [4.78, 5) is 15.7. The molecular weight excluding hydrogens is 248 g/mol. The lowest BCUT2D eigenvalue weighted by atomic mass is 10.2. The van der Waals surface area contributed by atoms with Crippen LogP contribution in [0.5, 0.6) is 5.88 Å². The van der Waals surface area contributed by atoms with Gasteiger partial charge in [-0.25, -0.2) is 4.79 Å². The molecule has 5 heteroatoms. The molecule has 0 amide bonds. The Bertz CT molecular complexity index is 580. The van der Waals surface area contributed by atoms with Gasteiger partial charge in [0.1, 0.15) is 0 Å². The molecule has 0 atom stereocenters. The molecule has 2 heterocycles. The van der Waals surface area contributed by atoms with Crippen LogP contribution in [0.25, 0.3) is 0 Å². The van der Waals surface area contributed by atoms with E-state index in [2.05, 4.69) is 11.9 Å². The van der Waals surface area contributed by atoms with Gasteiger partial charge in [-0.15, -0.1) is 11.3 Å². The first kappa shape index (κ1) is 13.0. The minimum Gasteiger partial charge on any atom is -0.493 e. The van der Waals surface area contributed by atoms with Crippen molar-refractivity contribution in [3.05, 3.63) is 38.1 Å². The molecule has 0 aliphatic heterocycles. The van der Waals surface area contributed by atoms with Crippen LogP contribution in [0, 0.1) is 6.92 Å². The lowest BCUT2D eigenvalue weighted by Crippen LogP contribution is -2.16. The Labute approximate surface area is 110 Å². The Morgan fingerprint density at radius 2 is 2.28 bits per heavy atom. The zero-order chi connectivity index (χ0) is 13.1. The molecule has 2 aromatic rings. The summed E-state index contributed by atoms with van der Waals surface area (Å²) in [5.41, 5.74) is 1.59. The van der Waals surface area contributed by atoms with E-state index < -0.39 is 0 Å². The first-order valence-corrected chi connectivity index (χ1v) is 7.05. The minimum absolute atomic E-state index is 0.0845. The maximum atomic E-state index is 11.7. The van der Waals surface area contributed by atoms with Crippen LogP contribution < -0.4 is 5.69 Å². The third kappa shape index (κ3) is 2.51. The largest absolute Gasteiger partial charge is 0.493 e. The molecule has 0 fully saturated rings. The van der Waals surface area contributed by atoms with Gasteiger partial charge in [-0.1, -0.05) is 13.3 Å². The number of hydrogen-bond donors (Lipinski definition) is 2. The van der Waals surface area contributed by atoms with Gasteiger partial charge in [0.05, 0.1) is 5.69 Å². The highest BCUT2D eigenvalue weighted by molar-refractivity contribution is 7.10. The molecule has 98 valence electrons. The van der Waals surface area contributed by atoms with Gasteiger partial charge in [0, 0.05) is 17.8 Å². The van der Waals surface area contributed by atoms with Crippen LogP contribution in [-0.2, 0) is 13.0 Å². The molecule has 0 aliphatic carbocycles. The summed E-state index contributed by atoms with van der Waals surface area (Å²) >= 11 is 1.64. The van der Waals surface area contributed by atoms with E-state index >= 15 is 0 Å². The van der Waals surface area contributed by atoms with Crippen molar-refractivity contribution < 1.29 is 5.11 Å². The molecule has 0 bridgehead atoms. The van der Waals surface area contributed by atoms with Crippen LogP contribution in [0.1, 0.15) is 35.9 Å². The Morgan fingerprint density at radius 3 is 2.89 bits per heavy atom. The summed E-state index contributed by atoms with van der Waals surface area (Å²) in [6, 6.07) is 2.04. The van der Waals surface area contributed by atoms with Crippen molar-refractivity contribution in [2.45, 2.75) is 39.7 Å². The van der Waals surface area contributed by atoms with E-state index in [1.165, 1.54) is 15.0 Å². The number of rotatable bonds is 5. The Kier molecular flexibility index (Phi) is 3.91. The van der Waals surface area contributed by atoms with E-state index in [1.807, 2.05) is 18.4 Å². The molecule has 0 saturated heterocycles. The summed E-state index contributed by atoms with van der Waals surface area (Å²) in [6.07, 6.45) is 2.48. The van der Waals surface area contributed by atoms with Crippen LogP contribution in [0.15, 0.2) is 16.2 Å². The third-order valence-electron chi connectivity index (χ3n) is 3.07. The van der Waals surface area contributed by atoms with Crippen molar-refractivity contribution in [3.63, 3.8) is 0 Å². The molecule has 0 spiro atoms. The van der Waals surface area contributed by atoms with Crippen molar-refractivity contribution in [3.8, 4) is 5.88 Å². The number of aromatic hydroxyl groups is 1. The van der Waals surface area contributed by atoms with Gasteiger partial charge < -0.3 is 10.1 Å². The van der Waals surface area contributed by atoms with Gasteiger partial charge in [0.25, 0.3) is 0 Å². The van der Waals surface area contributed by atoms with Crippen molar-refractivity contribution in [2.24, 2.45) is 0 Å². The first-order valence-electron chi connectivity index (χ1n) is 6.17. The second-order valence-corrected chi connectivity index (χ2v) is 5.44.